The van der Waals surface area contributed by atoms with Gasteiger partial charge in [0.15, 0.2) is 0 Å². The summed E-state index contributed by atoms with van der Waals surface area (Å²) in [5, 5.41) is 1.93. The summed E-state index contributed by atoms with van der Waals surface area (Å²) in [5.41, 5.74) is -3.73. The highest BCUT2D eigenvalue weighted by atomic mass is 19.4. The minimum Gasteiger partial charge on any atom is -0.465 e. The number of allylic oxidation sites excluding steroid dienone is 2. The first-order valence-corrected chi connectivity index (χ1v) is 4.68. The average molecular weight is 274 g/mol. The summed E-state index contributed by atoms with van der Waals surface area (Å²) in [5.74, 6) is 0. The maximum absolute atomic E-state index is 12.5. The monoisotopic (exact) mass is 274 g/mol. The van der Waals surface area contributed by atoms with Crippen molar-refractivity contribution in [1.82, 2.24) is 5.32 Å². The normalized spacial score (nSPS) is 17.2. The number of halogens is 6. The second kappa shape index (κ2) is 4.91. The van der Waals surface area contributed by atoms with E-state index in [-0.39, 0.29) is 19.0 Å². The number of nitrogens with zero attached hydrogens (tertiary/aromatic N) is 1. The van der Waals surface area contributed by atoms with Crippen LogP contribution < -0.4 is 5.32 Å². The highest BCUT2D eigenvalue weighted by molar-refractivity contribution is 5.76. The summed E-state index contributed by atoms with van der Waals surface area (Å²) in [7, 11) is 0. The zero-order valence-corrected chi connectivity index (χ0v) is 8.99. The van der Waals surface area contributed by atoms with E-state index in [1.807, 2.05) is 5.32 Å². The van der Waals surface area contributed by atoms with Crippen LogP contribution in [0.2, 0.25) is 0 Å². The Morgan fingerprint density at radius 2 is 1.67 bits per heavy atom. The average Bonchev–Trinajstić information content (AvgIpc) is 2.39. The molecule has 0 amide bonds. The van der Waals surface area contributed by atoms with E-state index in [0.29, 0.717) is 0 Å². The molecule has 18 heavy (non-hydrogen) atoms. The predicted molar refractivity (Wildman–Crippen MR) is 50.5 cm³/mol. The summed E-state index contributed by atoms with van der Waals surface area (Å²) in [6.45, 7) is 1.56. The third kappa shape index (κ3) is 3.41. The second-order valence-corrected chi connectivity index (χ2v) is 3.11. The Hall–Kier alpha value is -1.67. The van der Waals surface area contributed by atoms with Crippen molar-refractivity contribution in [2.45, 2.75) is 19.3 Å². The molecule has 0 saturated carbocycles. The van der Waals surface area contributed by atoms with Crippen LogP contribution >= 0.6 is 0 Å². The van der Waals surface area contributed by atoms with Crippen LogP contribution in [0.4, 0.5) is 26.3 Å². The summed E-state index contributed by atoms with van der Waals surface area (Å²) in [4.78, 5) is 3.17. The smallest absolute Gasteiger partial charge is 0.418 e. The number of amidine groups is 1. The molecule has 0 aromatic rings. The summed E-state index contributed by atoms with van der Waals surface area (Å²) in [6, 6.07) is -0.432. The third-order valence-corrected chi connectivity index (χ3v) is 1.83. The van der Waals surface area contributed by atoms with E-state index in [2.05, 4.69) is 4.99 Å². The van der Waals surface area contributed by atoms with Gasteiger partial charge in [-0.15, -0.1) is 0 Å². The third-order valence-electron chi connectivity index (χ3n) is 1.83. The highest BCUT2D eigenvalue weighted by Gasteiger charge is 2.47. The Bertz CT molecular complexity index is 404. The van der Waals surface area contributed by atoms with Crippen molar-refractivity contribution in [3.63, 3.8) is 0 Å². The first-order chi connectivity index (χ1) is 8.16. The molecule has 1 heterocycles. The molecule has 1 aliphatic rings. The van der Waals surface area contributed by atoms with Crippen molar-refractivity contribution < 1.29 is 31.1 Å². The molecule has 3 nitrogen and oxygen atoms in total. The zero-order valence-electron chi connectivity index (χ0n) is 8.99. The van der Waals surface area contributed by atoms with Crippen LogP contribution in [0, 0.1) is 0 Å². The van der Waals surface area contributed by atoms with Crippen molar-refractivity contribution in [1.29, 1.82) is 0 Å². The van der Waals surface area contributed by atoms with E-state index in [1.165, 1.54) is 6.92 Å². The molecular formula is C9H8F6N2O. The lowest BCUT2D eigenvalue weighted by Gasteiger charge is -2.16. The van der Waals surface area contributed by atoms with E-state index in [4.69, 9.17) is 4.74 Å². The van der Waals surface area contributed by atoms with Gasteiger partial charge >= 0.3 is 12.4 Å². The number of nitrogens with one attached hydrogen (secondary N) is 1. The minimum atomic E-state index is -5.16. The topological polar surface area (TPSA) is 33.6 Å². The van der Waals surface area contributed by atoms with Gasteiger partial charge in [0.1, 0.15) is 0 Å². The fourth-order valence-corrected chi connectivity index (χ4v) is 1.12. The van der Waals surface area contributed by atoms with Crippen LogP contribution in [-0.2, 0) is 4.74 Å². The molecule has 0 aromatic carbocycles. The lowest BCUT2D eigenvalue weighted by molar-refractivity contribution is -0.118. The molecule has 0 fully saturated rings. The number of ether oxygens (including phenoxy) is 1. The molecule has 9 heteroatoms. The fourth-order valence-electron chi connectivity index (χ4n) is 1.12. The zero-order chi connectivity index (χ0) is 14.0. The van der Waals surface area contributed by atoms with Crippen LogP contribution in [0.5, 0.6) is 0 Å². The van der Waals surface area contributed by atoms with Gasteiger partial charge in [0.25, 0.3) is 6.02 Å². The Morgan fingerprint density at radius 1 is 1.11 bits per heavy atom. The van der Waals surface area contributed by atoms with Crippen molar-refractivity contribution in [3.05, 3.63) is 23.5 Å². The SMILES string of the molecule is CCOC1=NC=C(C(F)(F)F)C(C(F)(F)F)=CN1. The Labute approximate surface area is 97.8 Å². The van der Waals surface area contributed by atoms with E-state index in [9.17, 15) is 26.3 Å². The molecule has 1 aliphatic heterocycles. The maximum atomic E-state index is 12.5. The lowest BCUT2D eigenvalue weighted by Crippen LogP contribution is -2.26. The molecule has 0 radical (unpaired) electrons. The van der Waals surface area contributed by atoms with E-state index in [0.717, 1.165) is 0 Å². The molecule has 102 valence electrons. The van der Waals surface area contributed by atoms with Crippen LogP contribution in [0.3, 0.4) is 0 Å². The summed E-state index contributed by atoms with van der Waals surface area (Å²) < 4.78 is 79.5. The van der Waals surface area contributed by atoms with E-state index in [1.54, 1.807) is 0 Å². The first-order valence-electron chi connectivity index (χ1n) is 4.68. The molecule has 0 saturated heterocycles. The second-order valence-electron chi connectivity index (χ2n) is 3.11. The van der Waals surface area contributed by atoms with Gasteiger partial charge in [-0.25, -0.2) is 4.99 Å². The largest absolute Gasteiger partial charge is 0.465 e. The predicted octanol–water partition coefficient (Wildman–Crippen LogP) is 2.87. The van der Waals surface area contributed by atoms with Crippen LogP contribution in [0.15, 0.2) is 28.5 Å². The van der Waals surface area contributed by atoms with E-state index >= 15 is 0 Å². The molecule has 1 rings (SSSR count). The van der Waals surface area contributed by atoms with Crippen LogP contribution in [-0.4, -0.2) is 25.0 Å². The molecular weight excluding hydrogens is 266 g/mol. The van der Waals surface area contributed by atoms with Crippen molar-refractivity contribution in [2.24, 2.45) is 4.99 Å². The van der Waals surface area contributed by atoms with Gasteiger partial charge in [-0.2, -0.15) is 26.3 Å². The van der Waals surface area contributed by atoms with Crippen LogP contribution in [0.1, 0.15) is 6.92 Å². The van der Waals surface area contributed by atoms with Crippen molar-refractivity contribution >= 4 is 6.02 Å². The van der Waals surface area contributed by atoms with Gasteiger partial charge in [-0.1, -0.05) is 0 Å². The summed E-state index contributed by atoms with van der Waals surface area (Å²) in [6.07, 6.45) is -10.0. The minimum absolute atomic E-state index is 0.0518. The molecule has 1 N–H and O–H groups in total. The molecule has 0 aliphatic carbocycles. The maximum Gasteiger partial charge on any atom is 0.418 e. The lowest BCUT2D eigenvalue weighted by atomic mass is 10.1. The number of rotatable bonds is 1. The number of hydrogen-bond donors (Lipinski definition) is 1. The Kier molecular flexibility index (Phi) is 3.92. The molecule has 0 unspecified atom stereocenters. The van der Waals surface area contributed by atoms with Crippen LogP contribution in [0.25, 0.3) is 0 Å². The summed E-state index contributed by atoms with van der Waals surface area (Å²) >= 11 is 0. The molecule has 0 bridgehead atoms. The highest BCUT2D eigenvalue weighted by Crippen LogP contribution is 2.40. The number of hydrogen-bond acceptors (Lipinski definition) is 3. The fraction of sp³-hybridized carbons (Fsp3) is 0.444. The molecule has 0 atom stereocenters. The quantitative estimate of drug-likeness (QED) is 0.746. The van der Waals surface area contributed by atoms with Gasteiger partial charge in [0.2, 0.25) is 0 Å². The number of alkyl halides is 6. The number of aliphatic imine (C=N–C) groups is 1. The van der Waals surface area contributed by atoms with Crippen molar-refractivity contribution in [2.75, 3.05) is 6.61 Å². The Balaban J connectivity index is 3.20. The standard InChI is InChI=1S/C9H8F6N2O/c1-2-18-7-16-3-5(8(10,11)12)6(4-17-7)9(13,14)15/h3-4H,2H2,1H3,(H,16,17). The van der Waals surface area contributed by atoms with Gasteiger partial charge in [-0.3, -0.25) is 0 Å². The van der Waals surface area contributed by atoms with Gasteiger partial charge in [-0.05, 0) is 6.92 Å². The first kappa shape index (κ1) is 14.4. The van der Waals surface area contributed by atoms with Gasteiger partial charge in [0.05, 0.1) is 17.8 Å². The van der Waals surface area contributed by atoms with Gasteiger partial charge < -0.3 is 10.1 Å². The molecule has 0 spiro atoms. The molecule has 0 aromatic heterocycles. The van der Waals surface area contributed by atoms with Gasteiger partial charge in [0, 0.05) is 12.4 Å². The Morgan fingerprint density at radius 3 is 2.11 bits per heavy atom. The van der Waals surface area contributed by atoms with E-state index < -0.39 is 29.5 Å². The van der Waals surface area contributed by atoms with Crippen molar-refractivity contribution in [3.8, 4) is 0 Å².